The van der Waals surface area contributed by atoms with E-state index in [4.69, 9.17) is 4.74 Å². The lowest BCUT2D eigenvalue weighted by Crippen LogP contribution is -2.57. The van der Waals surface area contributed by atoms with Crippen LogP contribution in [-0.4, -0.2) is 85.9 Å². The highest BCUT2D eigenvalue weighted by atomic mass is 79.9. The smallest absolute Gasteiger partial charge is 0.311 e. The number of amides is 2. The lowest BCUT2D eigenvalue weighted by atomic mass is 9.71. The van der Waals surface area contributed by atoms with Crippen LogP contribution in [0.15, 0.2) is 25.3 Å². The summed E-state index contributed by atoms with van der Waals surface area (Å²) in [5.41, 5.74) is 0. The fraction of sp³-hybridized carbons (Fsp3) is 0.708. The summed E-state index contributed by atoms with van der Waals surface area (Å²) in [6.07, 6.45) is 9.12. The molecular formula is C24H33BrN2O5S. The summed E-state index contributed by atoms with van der Waals surface area (Å²) < 4.78 is 4.67. The van der Waals surface area contributed by atoms with E-state index in [1.165, 1.54) is 17.4 Å². The number of aliphatic hydroxyl groups is 1. The number of hydrogen-bond acceptors (Lipinski definition) is 6. The normalized spacial score (nSPS) is 35.4. The van der Waals surface area contributed by atoms with E-state index in [-0.39, 0.29) is 47.7 Å². The van der Waals surface area contributed by atoms with Crippen LogP contribution in [-0.2, 0) is 19.1 Å². The molecule has 0 aromatic carbocycles. The molecule has 2 amide bonds. The zero-order chi connectivity index (χ0) is 23.8. The Hall–Kier alpha value is -1.32. The van der Waals surface area contributed by atoms with Gasteiger partial charge in [-0.25, -0.2) is 0 Å². The average Bonchev–Trinajstić information content (AvgIpc) is 3.40. The van der Waals surface area contributed by atoms with Crippen LogP contribution in [0.1, 0.15) is 38.5 Å². The van der Waals surface area contributed by atoms with Crippen molar-refractivity contribution in [2.45, 2.75) is 65.4 Å². The first kappa shape index (κ1) is 24.8. The number of alkyl halides is 1. The van der Waals surface area contributed by atoms with Gasteiger partial charge in [-0.3, -0.25) is 14.4 Å². The van der Waals surface area contributed by atoms with E-state index in [1.807, 2.05) is 4.90 Å². The number of nitrogens with zero attached hydrogens (tertiary/aromatic N) is 2. The maximum Gasteiger partial charge on any atom is 0.311 e. The topological polar surface area (TPSA) is 87.2 Å². The molecule has 6 atom stereocenters. The van der Waals surface area contributed by atoms with E-state index in [9.17, 15) is 19.5 Å². The van der Waals surface area contributed by atoms with E-state index in [2.05, 4.69) is 29.1 Å². The first-order chi connectivity index (χ1) is 15.9. The summed E-state index contributed by atoms with van der Waals surface area (Å²) >= 11 is 5.32. The van der Waals surface area contributed by atoms with Gasteiger partial charge in [0.2, 0.25) is 11.8 Å². The van der Waals surface area contributed by atoms with Crippen molar-refractivity contribution in [1.29, 1.82) is 0 Å². The molecule has 0 aromatic rings. The second-order valence-electron chi connectivity index (χ2n) is 9.41. The minimum atomic E-state index is -0.714. The van der Waals surface area contributed by atoms with Gasteiger partial charge in [0.05, 0.1) is 23.2 Å². The SMILES string of the molecule is C=CCOC(=O)[C@H]1[C@@H]2SC3(CC2Br)C(C(=O)N(CC=C)C2CCCCC2)N(CCO)C(=O)[C@H]13. The number of carbonyl (C=O) groups excluding carboxylic acids is 3. The highest BCUT2D eigenvalue weighted by Gasteiger charge is 2.76. The molecule has 7 nitrogen and oxygen atoms in total. The largest absolute Gasteiger partial charge is 0.461 e. The second kappa shape index (κ2) is 10.1. The summed E-state index contributed by atoms with van der Waals surface area (Å²) in [4.78, 5) is 44.3. The van der Waals surface area contributed by atoms with Gasteiger partial charge in [-0.1, -0.05) is 53.9 Å². The molecule has 0 aromatic heterocycles. The van der Waals surface area contributed by atoms with E-state index in [1.54, 1.807) is 17.8 Å². The third-order valence-electron chi connectivity index (χ3n) is 7.60. The van der Waals surface area contributed by atoms with Gasteiger partial charge in [-0.2, -0.15) is 0 Å². The van der Waals surface area contributed by atoms with Gasteiger partial charge in [0.1, 0.15) is 12.6 Å². The minimum absolute atomic E-state index is 0.000238. The lowest BCUT2D eigenvalue weighted by molar-refractivity contribution is -0.153. The quantitative estimate of drug-likeness (QED) is 0.274. The number of carbonyl (C=O) groups is 3. The maximum atomic E-state index is 14.2. The molecule has 1 spiro atoms. The predicted molar refractivity (Wildman–Crippen MR) is 131 cm³/mol. The van der Waals surface area contributed by atoms with Crippen LogP contribution in [0, 0.1) is 11.8 Å². The number of fused-ring (bicyclic) bond motifs is 1. The molecule has 1 aliphatic carbocycles. The van der Waals surface area contributed by atoms with E-state index in [0.29, 0.717) is 13.0 Å². The summed E-state index contributed by atoms with van der Waals surface area (Å²) in [6.45, 7) is 7.83. The lowest BCUT2D eigenvalue weighted by Gasteiger charge is -2.41. The van der Waals surface area contributed by atoms with Crippen LogP contribution >= 0.6 is 27.7 Å². The molecule has 182 valence electrons. The average molecular weight is 542 g/mol. The van der Waals surface area contributed by atoms with Crippen LogP contribution < -0.4 is 0 Å². The molecule has 4 aliphatic rings. The van der Waals surface area contributed by atoms with Crippen molar-refractivity contribution in [3.05, 3.63) is 25.3 Å². The number of halogens is 1. The highest BCUT2D eigenvalue weighted by molar-refractivity contribution is 9.09. The molecule has 4 rings (SSSR count). The molecule has 3 unspecified atom stereocenters. The van der Waals surface area contributed by atoms with Crippen molar-refractivity contribution in [3.63, 3.8) is 0 Å². The van der Waals surface area contributed by atoms with Gasteiger partial charge in [0, 0.05) is 29.2 Å². The monoisotopic (exact) mass is 540 g/mol. The number of rotatable bonds is 9. The van der Waals surface area contributed by atoms with Crippen molar-refractivity contribution in [3.8, 4) is 0 Å². The molecule has 33 heavy (non-hydrogen) atoms. The van der Waals surface area contributed by atoms with Gasteiger partial charge >= 0.3 is 5.97 Å². The number of β-amino-alcohol motifs (C(OH)–C–C–N with tert-alkyl or cyclic N) is 1. The molecule has 1 N–H and O–H groups in total. The van der Waals surface area contributed by atoms with Crippen LogP contribution in [0.25, 0.3) is 0 Å². The van der Waals surface area contributed by atoms with Gasteiger partial charge in [0.25, 0.3) is 0 Å². The van der Waals surface area contributed by atoms with Crippen LogP contribution in [0.4, 0.5) is 0 Å². The van der Waals surface area contributed by atoms with E-state index in [0.717, 1.165) is 25.7 Å². The van der Waals surface area contributed by atoms with Crippen LogP contribution in [0.3, 0.4) is 0 Å². The fourth-order valence-corrected chi connectivity index (χ4v) is 9.97. The molecule has 3 aliphatic heterocycles. The van der Waals surface area contributed by atoms with E-state index >= 15 is 0 Å². The van der Waals surface area contributed by atoms with Crippen molar-refractivity contribution < 1.29 is 24.2 Å². The Balaban J connectivity index is 1.71. The summed E-state index contributed by atoms with van der Waals surface area (Å²) in [5.74, 6) is -1.97. The molecule has 4 fully saturated rings. The number of aliphatic hydroxyl groups excluding tert-OH is 1. The van der Waals surface area contributed by atoms with Crippen molar-refractivity contribution in [1.82, 2.24) is 9.80 Å². The predicted octanol–water partition coefficient (Wildman–Crippen LogP) is 2.52. The second-order valence-corrected chi connectivity index (χ2v) is 12.1. The maximum absolute atomic E-state index is 14.2. The fourth-order valence-electron chi connectivity index (χ4n) is 6.37. The Bertz CT molecular complexity index is 819. The molecule has 3 heterocycles. The Labute approximate surface area is 208 Å². The van der Waals surface area contributed by atoms with Crippen molar-refractivity contribution in [2.24, 2.45) is 11.8 Å². The van der Waals surface area contributed by atoms with Gasteiger partial charge < -0.3 is 19.6 Å². The van der Waals surface area contributed by atoms with Gasteiger partial charge in [-0.15, -0.1) is 18.3 Å². The van der Waals surface area contributed by atoms with E-state index < -0.39 is 28.6 Å². The highest BCUT2D eigenvalue weighted by Crippen LogP contribution is 2.68. The summed E-state index contributed by atoms with van der Waals surface area (Å²) in [5, 5.41) is 9.62. The van der Waals surface area contributed by atoms with Gasteiger partial charge in [0.15, 0.2) is 0 Å². The molecule has 0 radical (unpaired) electrons. The zero-order valence-corrected chi connectivity index (χ0v) is 21.3. The third kappa shape index (κ3) is 4.08. The van der Waals surface area contributed by atoms with Gasteiger partial charge in [-0.05, 0) is 19.3 Å². The Morgan fingerprint density at radius 3 is 2.64 bits per heavy atom. The summed E-state index contributed by atoms with van der Waals surface area (Å²) in [6, 6.07) is -0.584. The zero-order valence-electron chi connectivity index (χ0n) is 18.9. The van der Waals surface area contributed by atoms with Crippen molar-refractivity contribution in [2.75, 3.05) is 26.3 Å². The number of esters is 1. The third-order valence-corrected chi connectivity index (χ3v) is 10.8. The van der Waals surface area contributed by atoms with Crippen LogP contribution in [0.5, 0.6) is 0 Å². The first-order valence-electron chi connectivity index (χ1n) is 11.8. The molecule has 2 bridgehead atoms. The Morgan fingerprint density at radius 2 is 2.00 bits per heavy atom. The van der Waals surface area contributed by atoms with Crippen LogP contribution in [0.2, 0.25) is 0 Å². The number of ether oxygens (including phenoxy) is 1. The number of thioether (sulfide) groups is 1. The molecule has 3 saturated heterocycles. The van der Waals surface area contributed by atoms with Crippen molar-refractivity contribution >= 4 is 45.5 Å². The number of likely N-dealkylation sites (tertiary alicyclic amines) is 1. The summed E-state index contributed by atoms with van der Waals surface area (Å²) in [7, 11) is 0. The molecular weight excluding hydrogens is 508 g/mol. The standard InChI is InChI=1S/C24H33BrN2O5S/c1-3-10-26(15-8-6-5-7-9-15)22(30)20-24-14-16(25)19(33-24)17(23(31)32-13-4-2)18(24)21(29)27(20)11-12-28/h3-4,15-20,28H,1-2,5-14H2/t16?,17-,18+,19-,20?,24?/m1/s1. The Morgan fingerprint density at radius 1 is 1.27 bits per heavy atom. The number of hydrogen-bond donors (Lipinski definition) is 1. The Kier molecular flexibility index (Phi) is 7.60. The molecule has 1 saturated carbocycles. The minimum Gasteiger partial charge on any atom is -0.461 e. The first-order valence-corrected chi connectivity index (χ1v) is 13.6. The molecule has 9 heteroatoms.